The van der Waals surface area contributed by atoms with E-state index in [4.69, 9.17) is 8.83 Å². The zero-order valence-electron chi connectivity index (χ0n) is 15.2. The zero-order valence-corrected chi connectivity index (χ0v) is 16.0. The first-order valence-electron chi connectivity index (χ1n) is 9.09. The Kier molecular flexibility index (Phi) is 3.67. The number of nitrogens with one attached hydrogen (secondary N) is 1. The van der Waals surface area contributed by atoms with E-state index in [1.807, 2.05) is 6.07 Å². The van der Waals surface area contributed by atoms with E-state index in [0.29, 0.717) is 11.2 Å². The highest BCUT2D eigenvalue weighted by Gasteiger charge is 2.20. The molecule has 1 N–H and O–H groups in total. The van der Waals surface area contributed by atoms with E-state index >= 15 is 0 Å². The van der Waals surface area contributed by atoms with Crippen LogP contribution in [0.2, 0.25) is 0 Å². The number of sulfonamides is 1. The van der Waals surface area contributed by atoms with Gasteiger partial charge in [-0.25, -0.2) is 13.2 Å². The first-order valence-corrected chi connectivity index (χ1v) is 10.6. The normalized spacial score (nSPS) is 14.5. The van der Waals surface area contributed by atoms with Crippen molar-refractivity contribution >= 4 is 37.8 Å². The van der Waals surface area contributed by atoms with Crippen LogP contribution < -0.4 is 10.5 Å². The van der Waals surface area contributed by atoms with Crippen LogP contribution in [-0.2, 0) is 29.9 Å². The summed E-state index contributed by atoms with van der Waals surface area (Å²) in [5.41, 5.74) is 3.19. The van der Waals surface area contributed by atoms with Crippen LogP contribution in [0.25, 0.3) is 22.1 Å². The predicted molar refractivity (Wildman–Crippen MR) is 105 cm³/mol. The number of furan rings is 1. The van der Waals surface area contributed by atoms with Crippen LogP contribution in [0.3, 0.4) is 0 Å². The van der Waals surface area contributed by atoms with Crippen molar-refractivity contribution in [3.63, 3.8) is 0 Å². The van der Waals surface area contributed by atoms with Crippen molar-refractivity contribution in [2.75, 3.05) is 4.72 Å². The average Bonchev–Trinajstić information content (AvgIpc) is 3.18. The molecule has 0 atom stereocenters. The van der Waals surface area contributed by atoms with Gasteiger partial charge in [-0.15, -0.1) is 0 Å². The quantitative estimate of drug-likeness (QED) is 0.569. The molecular weight excluding hydrogens is 380 g/mol. The molecule has 0 saturated carbocycles. The zero-order chi connectivity index (χ0) is 19.5. The molecule has 0 saturated heterocycles. The van der Waals surface area contributed by atoms with E-state index in [0.717, 1.165) is 42.4 Å². The van der Waals surface area contributed by atoms with Gasteiger partial charge in [0, 0.05) is 36.2 Å². The van der Waals surface area contributed by atoms with Crippen molar-refractivity contribution in [2.24, 2.45) is 7.05 Å². The lowest BCUT2D eigenvalue weighted by Crippen LogP contribution is -2.13. The summed E-state index contributed by atoms with van der Waals surface area (Å²) in [6.45, 7) is 0. The summed E-state index contributed by atoms with van der Waals surface area (Å²) >= 11 is 0. The first-order chi connectivity index (χ1) is 13.4. The van der Waals surface area contributed by atoms with Gasteiger partial charge in [-0.1, -0.05) is 0 Å². The largest absolute Gasteiger partial charge is 0.461 e. The van der Waals surface area contributed by atoms with Gasteiger partial charge < -0.3 is 8.83 Å². The SMILES string of the molecule is Cn1c(=O)oc2cc(S(=O)(=O)Nc3ccc4oc5c(c4c3)CCCC5)ccc21. The number of hydrogen-bond acceptors (Lipinski definition) is 5. The summed E-state index contributed by atoms with van der Waals surface area (Å²) in [5.74, 6) is 0.471. The van der Waals surface area contributed by atoms with Gasteiger partial charge in [0.1, 0.15) is 11.3 Å². The monoisotopic (exact) mass is 398 g/mol. The fraction of sp³-hybridized carbons (Fsp3) is 0.250. The fourth-order valence-corrected chi connectivity index (χ4v) is 4.89. The molecule has 5 rings (SSSR count). The van der Waals surface area contributed by atoms with E-state index in [-0.39, 0.29) is 10.5 Å². The third kappa shape index (κ3) is 2.63. The maximum Gasteiger partial charge on any atom is 0.419 e. The Morgan fingerprint density at radius 2 is 1.82 bits per heavy atom. The number of rotatable bonds is 3. The van der Waals surface area contributed by atoms with Crippen LogP contribution in [-0.4, -0.2) is 13.0 Å². The lowest BCUT2D eigenvalue weighted by molar-refractivity contribution is 0.506. The lowest BCUT2D eigenvalue weighted by Gasteiger charge is -2.10. The molecule has 2 heterocycles. The molecule has 0 amide bonds. The Bertz CT molecular complexity index is 1390. The molecule has 2 aromatic carbocycles. The number of anilines is 1. The van der Waals surface area contributed by atoms with Crippen LogP contribution in [0, 0.1) is 0 Å². The summed E-state index contributed by atoms with van der Waals surface area (Å²) in [7, 11) is -2.26. The molecule has 0 fully saturated rings. The molecule has 2 aromatic heterocycles. The third-order valence-electron chi connectivity index (χ3n) is 5.28. The Morgan fingerprint density at radius 1 is 1.00 bits per heavy atom. The maximum atomic E-state index is 12.8. The summed E-state index contributed by atoms with van der Waals surface area (Å²) in [6.07, 6.45) is 4.10. The van der Waals surface area contributed by atoms with Crippen LogP contribution in [0.4, 0.5) is 5.69 Å². The highest BCUT2D eigenvalue weighted by Crippen LogP contribution is 2.34. The number of nitrogens with zero attached hydrogens (tertiary/aromatic N) is 1. The Hall–Kier alpha value is -3.00. The number of aromatic nitrogens is 1. The molecule has 4 aromatic rings. The Labute approximate surface area is 160 Å². The number of hydrogen-bond donors (Lipinski definition) is 1. The number of fused-ring (bicyclic) bond motifs is 4. The third-order valence-corrected chi connectivity index (χ3v) is 6.66. The molecule has 0 spiro atoms. The van der Waals surface area contributed by atoms with Gasteiger partial charge in [0.25, 0.3) is 10.0 Å². The average molecular weight is 398 g/mol. The van der Waals surface area contributed by atoms with E-state index in [2.05, 4.69) is 4.72 Å². The van der Waals surface area contributed by atoms with Crippen LogP contribution >= 0.6 is 0 Å². The minimum atomic E-state index is -3.83. The summed E-state index contributed by atoms with van der Waals surface area (Å²) in [4.78, 5) is 11.7. The molecular formula is C20H18N2O5S. The van der Waals surface area contributed by atoms with Gasteiger partial charge in [0.2, 0.25) is 0 Å². The van der Waals surface area contributed by atoms with Crippen molar-refractivity contribution in [3.05, 3.63) is 58.3 Å². The smallest absolute Gasteiger partial charge is 0.419 e. The van der Waals surface area contributed by atoms with E-state index < -0.39 is 15.8 Å². The number of aryl methyl sites for hydroxylation is 3. The molecule has 0 unspecified atom stereocenters. The highest BCUT2D eigenvalue weighted by atomic mass is 32.2. The van der Waals surface area contributed by atoms with Crippen molar-refractivity contribution in [1.29, 1.82) is 0 Å². The van der Waals surface area contributed by atoms with Gasteiger partial charge in [-0.2, -0.15) is 0 Å². The van der Waals surface area contributed by atoms with Crippen LogP contribution in [0.15, 0.2) is 54.9 Å². The number of oxazole rings is 1. The van der Waals surface area contributed by atoms with Crippen molar-refractivity contribution in [3.8, 4) is 0 Å². The molecule has 28 heavy (non-hydrogen) atoms. The number of benzene rings is 2. The Morgan fingerprint density at radius 3 is 2.68 bits per heavy atom. The van der Waals surface area contributed by atoms with E-state index in [1.165, 1.54) is 22.3 Å². The van der Waals surface area contributed by atoms with Gasteiger partial charge in [-0.05, 0) is 49.6 Å². The molecule has 8 heteroatoms. The maximum absolute atomic E-state index is 12.8. The summed E-state index contributed by atoms with van der Waals surface area (Å²) < 4.78 is 40.6. The van der Waals surface area contributed by atoms with Gasteiger partial charge in [0.05, 0.1) is 10.4 Å². The predicted octanol–water partition coefficient (Wildman–Crippen LogP) is 3.56. The molecule has 7 nitrogen and oxygen atoms in total. The molecule has 1 aliphatic rings. The molecule has 1 aliphatic carbocycles. The second-order valence-electron chi connectivity index (χ2n) is 7.08. The molecule has 144 valence electrons. The minimum Gasteiger partial charge on any atom is -0.461 e. The van der Waals surface area contributed by atoms with Gasteiger partial charge in [-0.3, -0.25) is 9.29 Å². The fourth-order valence-electron chi connectivity index (χ4n) is 3.82. The van der Waals surface area contributed by atoms with Crippen molar-refractivity contribution in [2.45, 2.75) is 30.6 Å². The molecule has 0 radical (unpaired) electrons. The Balaban J connectivity index is 1.53. The van der Waals surface area contributed by atoms with Crippen LogP contribution in [0.5, 0.6) is 0 Å². The highest BCUT2D eigenvalue weighted by molar-refractivity contribution is 7.92. The second kappa shape index (κ2) is 6.00. The summed E-state index contributed by atoms with van der Waals surface area (Å²) in [5, 5.41) is 0.958. The topological polar surface area (TPSA) is 94.5 Å². The standard InChI is InChI=1S/C20H18N2O5S/c1-22-16-8-7-13(11-19(16)27-20(22)23)28(24,25)21-12-6-9-18-15(10-12)14-4-2-3-5-17(14)26-18/h6-11,21H,2-5H2,1H3. The van der Waals surface area contributed by atoms with Crippen molar-refractivity contribution < 1.29 is 17.3 Å². The van der Waals surface area contributed by atoms with Gasteiger partial charge in [0.15, 0.2) is 5.58 Å². The molecule has 0 aliphatic heterocycles. The molecule has 0 bridgehead atoms. The van der Waals surface area contributed by atoms with Crippen LogP contribution in [0.1, 0.15) is 24.2 Å². The van der Waals surface area contributed by atoms with E-state index in [9.17, 15) is 13.2 Å². The van der Waals surface area contributed by atoms with E-state index in [1.54, 1.807) is 25.2 Å². The van der Waals surface area contributed by atoms with Crippen molar-refractivity contribution in [1.82, 2.24) is 4.57 Å². The lowest BCUT2D eigenvalue weighted by atomic mass is 9.96. The minimum absolute atomic E-state index is 0.0312. The second-order valence-corrected chi connectivity index (χ2v) is 8.77. The van der Waals surface area contributed by atoms with Gasteiger partial charge >= 0.3 is 5.76 Å². The summed E-state index contributed by atoms with van der Waals surface area (Å²) in [6, 6.07) is 9.68. The first kappa shape index (κ1) is 17.1.